The first-order valence-electron chi connectivity index (χ1n) is 5.29. The van der Waals surface area contributed by atoms with Crippen molar-refractivity contribution in [2.24, 2.45) is 5.73 Å². The van der Waals surface area contributed by atoms with Crippen LogP contribution in [0.15, 0.2) is 36.4 Å². The molecule has 4 nitrogen and oxygen atoms in total. The molecule has 0 radical (unpaired) electrons. The van der Waals surface area contributed by atoms with Crippen LogP contribution in [0.1, 0.15) is 10.4 Å². The van der Waals surface area contributed by atoms with Crippen LogP contribution < -0.4 is 16.2 Å². The van der Waals surface area contributed by atoms with E-state index in [1.807, 2.05) is 0 Å². The van der Waals surface area contributed by atoms with E-state index in [4.69, 9.17) is 16.2 Å². The summed E-state index contributed by atoms with van der Waals surface area (Å²) in [5.74, 6) is -2.13. The molecule has 0 spiro atoms. The molecule has 6 heteroatoms. The van der Waals surface area contributed by atoms with Crippen LogP contribution in [0.4, 0.5) is 14.5 Å². The molecule has 0 fully saturated rings. The Kier molecular flexibility index (Phi) is 3.33. The minimum atomic E-state index is -0.899. The van der Waals surface area contributed by atoms with Gasteiger partial charge in [0.2, 0.25) is 5.91 Å². The number of carbonyl (C=O) groups is 1. The SMILES string of the molecule is NC(=O)c1ccc(Oc2cc(F)cc(F)c2N)cc1. The molecule has 0 aliphatic heterocycles. The quantitative estimate of drug-likeness (QED) is 0.836. The average molecular weight is 264 g/mol. The predicted molar refractivity (Wildman–Crippen MR) is 65.8 cm³/mol. The minimum Gasteiger partial charge on any atom is -0.455 e. The van der Waals surface area contributed by atoms with E-state index in [0.29, 0.717) is 11.6 Å². The van der Waals surface area contributed by atoms with Gasteiger partial charge in [-0.1, -0.05) is 0 Å². The summed E-state index contributed by atoms with van der Waals surface area (Å²) in [6, 6.07) is 7.40. The minimum absolute atomic E-state index is 0.135. The van der Waals surface area contributed by atoms with Gasteiger partial charge in [-0.25, -0.2) is 8.78 Å². The van der Waals surface area contributed by atoms with E-state index in [0.717, 1.165) is 6.07 Å². The second kappa shape index (κ2) is 4.93. The Labute approximate surface area is 107 Å². The number of hydrogen-bond donors (Lipinski definition) is 2. The van der Waals surface area contributed by atoms with E-state index in [-0.39, 0.29) is 17.2 Å². The lowest BCUT2D eigenvalue weighted by molar-refractivity contribution is 0.100. The molecule has 2 aromatic rings. The molecule has 0 saturated heterocycles. The molecule has 19 heavy (non-hydrogen) atoms. The van der Waals surface area contributed by atoms with E-state index in [1.54, 1.807) is 0 Å². The molecular formula is C13H10F2N2O2. The van der Waals surface area contributed by atoms with Gasteiger partial charge in [-0.15, -0.1) is 0 Å². The topological polar surface area (TPSA) is 78.3 Å². The van der Waals surface area contributed by atoms with E-state index in [2.05, 4.69) is 0 Å². The summed E-state index contributed by atoms with van der Waals surface area (Å²) in [4.78, 5) is 10.9. The molecule has 0 atom stereocenters. The Morgan fingerprint density at radius 3 is 2.32 bits per heavy atom. The first-order valence-corrected chi connectivity index (χ1v) is 5.29. The molecule has 0 heterocycles. The summed E-state index contributed by atoms with van der Waals surface area (Å²) in [5.41, 5.74) is 10.5. The number of amides is 1. The van der Waals surface area contributed by atoms with Crippen LogP contribution in [0, 0.1) is 11.6 Å². The van der Waals surface area contributed by atoms with E-state index in [9.17, 15) is 13.6 Å². The van der Waals surface area contributed by atoms with Crippen molar-refractivity contribution in [2.75, 3.05) is 5.73 Å². The second-order valence-corrected chi connectivity index (χ2v) is 3.79. The fourth-order valence-electron chi connectivity index (χ4n) is 1.46. The van der Waals surface area contributed by atoms with Gasteiger partial charge < -0.3 is 16.2 Å². The molecule has 0 aliphatic rings. The smallest absolute Gasteiger partial charge is 0.248 e. The standard InChI is InChI=1S/C13H10F2N2O2/c14-8-5-10(15)12(16)11(6-8)19-9-3-1-7(2-4-9)13(17)18/h1-6H,16H2,(H2,17,18). The van der Waals surface area contributed by atoms with E-state index in [1.165, 1.54) is 24.3 Å². The highest BCUT2D eigenvalue weighted by molar-refractivity contribution is 5.92. The molecule has 2 rings (SSSR count). The van der Waals surface area contributed by atoms with Gasteiger partial charge >= 0.3 is 0 Å². The molecule has 0 aliphatic carbocycles. The van der Waals surface area contributed by atoms with Crippen molar-refractivity contribution in [3.05, 3.63) is 53.6 Å². The Hall–Kier alpha value is -2.63. The van der Waals surface area contributed by atoms with Crippen molar-refractivity contribution >= 4 is 11.6 Å². The fraction of sp³-hybridized carbons (Fsp3) is 0. The number of halogens is 2. The van der Waals surface area contributed by atoms with Gasteiger partial charge in [0.05, 0.1) is 0 Å². The number of anilines is 1. The second-order valence-electron chi connectivity index (χ2n) is 3.79. The number of nitrogens with two attached hydrogens (primary N) is 2. The lowest BCUT2D eigenvalue weighted by atomic mass is 10.2. The van der Waals surface area contributed by atoms with Gasteiger partial charge in [0.1, 0.15) is 17.3 Å². The van der Waals surface area contributed by atoms with Crippen LogP contribution in [-0.4, -0.2) is 5.91 Å². The lowest BCUT2D eigenvalue weighted by Crippen LogP contribution is -2.10. The van der Waals surface area contributed by atoms with Gasteiger partial charge in [-0.3, -0.25) is 4.79 Å². The lowest BCUT2D eigenvalue weighted by Gasteiger charge is -2.09. The Balaban J connectivity index is 2.28. The van der Waals surface area contributed by atoms with Crippen molar-refractivity contribution in [3.8, 4) is 11.5 Å². The number of ether oxygens (including phenoxy) is 1. The Morgan fingerprint density at radius 1 is 1.11 bits per heavy atom. The van der Waals surface area contributed by atoms with Crippen LogP contribution in [0.25, 0.3) is 0 Å². The zero-order valence-electron chi connectivity index (χ0n) is 9.69. The van der Waals surface area contributed by atoms with E-state index >= 15 is 0 Å². The van der Waals surface area contributed by atoms with Crippen LogP contribution in [0.3, 0.4) is 0 Å². The van der Waals surface area contributed by atoms with Crippen LogP contribution in [0.2, 0.25) is 0 Å². The molecule has 0 saturated carbocycles. The van der Waals surface area contributed by atoms with Crippen molar-refractivity contribution in [1.82, 2.24) is 0 Å². The Bertz CT molecular complexity index is 627. The summed E-state index contributed by atoms with van der Waals surface area (Å²) in [5, 5.41) is 0. The number of hydrogen-bond acceptors (Lipinski definition) is 3. The molecule has 0 bridgehead atoms. The molecule has 1 amide bonds. The van der Waals surface area contributed by atoms with Gasteiger partial charge in [-0.2, -0.15) is 0 Å². The summed E-state index contributed by atoms with van der Waals surface area (Å²) >= 11 is 0. The summed E-state index contributed by atoms with van der Waals surface area (Å²) in [7, 11) is 0. The third-order valence-corrected chi connectivity index (χ3v) is 2.42. The first-order chi connectivity index (χ1) is 8.97. The normalized spacial score (nSPS) is 10.2. The van der Waals surface area contributed by atoms with Gasteiger partial charge in [0.15, 0.2) is 11.6 Å². The fourth-order valence-corrected chi connectivity index (χ4v) is 1.46. The van der Waals surface area contributed by atoms with Crippen molar-refractivity contribution in [1.29, 1.82) is 0 Å². The van der Waals surface area contributed by atoms with Crippen molar-refractivity contribution in [3.63, 3.8) is 0 Å². The van der Waals surface area contributed by atoms with Crippen LogP contribution in [0.5, 0.6) is 11.5 Å². The maximum Gasteiger partial charge on any atom is 0.248 e. The highest BCUT2D eigenvalue weighted by atomic mass is 19.1. The van der Waals surface area contributed by atoms with Crippen LogP contribution >= 0.6 is 0 Å². The maximum absolute atomic E-state index is 13.2. The Morgan fingerprint density at radius 2 is 1.74 bits per heavy atom. The maximum atomic E-state index is 13.2. The molecule has 4 N–H and O–H groups in total. The zero-order chi connectivity index (χ0) is 14.0. The van der Waals surface area contributed by atoms with Crippen molar-refractivity contribution < 1.29 is 18.3 Å². The number of nitrogen functional groups attached to an aromatic ring is 1. The highest BCUT2D eigenvalue weighted by Crippen LogP contribution is 2.30. The molecular weight excluding hydrogens is 254 g/mol. The van der Waals surface area contributed by atoms with Gasteiger partial charge in [0, 0.05) is 17.7 Å². The average Bonchev–Trinajstić information content (AvgIpc) is 2.36. The highest BCUT2D eigenvalue weighted by Gasteiger charge is 2.10. The number of primary amides is 1. The van der Waals surface area contributed by atoms with Gasteiger partial charge in [-0.05, 0) is 24.3 Å². The third kappa shape index (κ3) is 2.79. The number of benzene rings is 2. The molecule has 2 aromatic carbocycles. The molecule has 0 unspecified atom stereocenters. The third-order valence-electron chi connectivity index (χ3n) is 2.42. The first kappa shape index (κ1) is 12.8. The molecule has 0 aromatic heterocycles. The number of carbonyl (C=O) groups excluding carboxylic acids is 1. The van der Waals surface area contributed by atoms with E-state index < -0.39 is 17.5 Å². The summed E-state index contributed by atoms with van der Waals surface area (Å²) < 4.78 is 31.5. The number of rotatable bonds is 3. The molecule has 98 valence electrons. The van der Waals surface area contributed by atoms with Gasteiger partial charge in [0.25, 0.3) is 0 Å². The zero-order valence-corrected chi connectivity index (χ0v) is 9.69. The monoisotopic (exact) mass is 264 g/mol. The summed E-state index contributed by atoms with van der Waals surface area (Å²) in [6.45, 7) is 0. The van der Waals surface area contributed by atoms with Crippen molar-refractivity contribution in [2.45, 2.75) is 0 Å². The largest absolute Gasteiger partial charge is 0.455 e. The summed E-state index contributed by atoms with van der Waals surface area (Å²) in [6.07, 6.45) is 0. The van der Waals surface area contributed by atoms with Crippen LogP contribution in [-0.2, 0) is 0 Å². The predicted octanol–water partition coefficient (Wildman–Crippen LogP) is 2.44.